The van der Waals surface area contributed by atoms with Crippen molar-refractivity contribution in [1.29, 1.82) is 0 Å². The van der Waals surface area contributed by atoms with Gasteiger partial charge in [-0.1, -0.05) is 13.8 Å². The van der Waals surface area contributed by atoms with Crippen LogP contribution in [0.4, 0.5) is 5.69 Å². The second-order valence-corrected chi connectivity index (χ2v) is 5.81. The minimum Gasteiger partial charge on any atom is -0.497 e. The molecule has 6 nitrogen and oxygen atoms in total. The van der Waals surface area contributed by atoms with Gasteiger partial charge in [0.1, 0.15) is 11.5 Å². The van der Waals surface area contributed by atoms with Gasteiger partial charge < -0.3 is 20.5 Å². The van der Waals surface area contributed by atoms with Gasteiger partial charge in [-0.3, -0.25) is 4.79 Å². The number of hydrogen-bond donors (Lipinski definition) is 2. The lowest BCUT2D eigenvalue weighted by Crippen LogP contribution is -2.41. The van der Waals surface area contributed by atoms with Crippen LogP contribution in [0.25, 0.3) is 0 Å². The molecule has 3 N–H and O–H groups in total. The second kappa shape index (κ2) is 11.6. The summed E-state index contributed by atoms with van der Waals surface area (Å²) in [4.78, 5) is 16.7. The molecule has 0 fully saturated rings. The van der Waals surface area contributed by atoms with Gasteiger partial charge >= 0.3 is 0 Å². The summed E-state index contributed by atoms with van der Waals surface area (Å²) in [6, 6.07) is 10.7. The van der Waals surface area contributed by atoms with E-state index in [1.807, 2.05) is 26.0 Å². The number of halogens is 2. The maximum absolute atomic E-state index is 12.5. The standard InChI is InChI=1S/C19H25N3O3.2ClH/c1-4-19(5-2,13-20)18(23)22-14-6-11-17(21-12-14)25-16-9-7-15(24-3)8-10-16;;/h6-12H,4-5,13,20H2,1-3H3,(H,22,23);2*1H. The van der Waals surface area contributed by atoms with Crippen molar-refractivity contribution in [3.05, 3.63) is 42.6 Å². The van der Waals surface area contributed by atoms with Crippen LogP contribution in [0.5, 0.6) is 17.4 Å². The van der Waals surface area contributed by atoms with Crippen molar-refractivity contribution in [3.63, 3.8) is 0 Å². The molecule has 1 aromatic heterocycles. The summed E-state index contributed by atoms with van der Waals surface area (Å²) in [7, 11) is 1.61. The van der Waals surface area contributed by atoms with Crippen LogP contribution in [-0.2, 0) is 4.79 Å². The van der Waals surface area contributed by atoms with Gasteiger partial charge in [0, 0.05) is 12.6 Å². The Bertz CT molecular complexity index is 682. The van der Waals surface area contributed by atoms with Gasteiger partial charge in [0.05, 0.1) is 24.4 Å². The van der Waals surface area contributed by atoms with E-state index in [0.717, 1.165) is 5.75 Å². The predicted octanol–water partition coefficient (Wildman–Crippen LogP) is 4.43. The van der Waals surface area contributed by atoms with Crippen LogP contribution >= 0.6 is 24.8 Å². The molecule has 1 aromatic carbocycles. The van der Waals surface area contributed by atoms with Gasteiger partial charge in [-0.05, 0) is 43.2 Å². The molecule has 0 aliphatic heterocycles. The lowest BCUT2D eigenvalue weighted by molar-refractivity contribution is -0.125. The molecule has 0 spiro atoms. The van der Waals surface area contributed by atoms with Crippen LogP contribution in [0.2, 0.25) is 0 Å². The third-order valence-electron chi connectivity index (χ3n) is 4.50. The number of benzene rings is 1. The highest BCUT2D eigenvalue weighted by atomic mass is 35.5. The Morgan fingerprint density at radius 2 is 1.67 bits per heavy atom. The summed E-state index contributed by atoms with van der Waals surface area (Å²) in [6.45, 7) is 4.26. The van der Waals surface area contributed by atoms with Crippen molar-refractivity contribution in [1.82, 2.24) is 4.98 Å². The molecule has 0 aliphatic carbocycles. The highest BCUT2D eigenvalue weighted by Crippen LogP contribution is 2.27. The first-order valence-electron chi connectivity index (χ1n) is 8.36. The van der Waals surface area contributed by atoms with Gasteiger partial charge in [-0.15, -0.1) is 24.8 Å². The molecule has 0 radical (unpaired) electrons. The van der Waals surface area contributed by atoms with Crippen LogP contribution in [0.3, 0.4) is 0 Å². The van der Waals surface area contributed by atoms with Crippen LogP contribution in [0.15, 0.2) is 42.6 Å². The molecule has 27 heavy (non-hydrogen) atoms. The maximum atomic E-state index is 12.5. The summed E-state index contributed by atoms with van der Waals surface area (Å²) in [5.74, 6) is 1.78. The Kier molecular flexibility index (Phi) is 10.8. The summed E-state index contributed by atoms with van der Waals surface area (Å²) < 4.78 is 10.8. The molecule has 1 heterocycles. The molecule has 0 saturated heterocycles. The van der Waals surface area contributed by atoms with E-state index in [1.165, 1.54) is 0 Å². The van der Waals surface area contributed by atoms with E-state index in [9.17, 15) is 4.79 Å². The van der Waals surface area contributed by atoms with Crippen molar-refractivity contribution in [2.24, 2.45) is 11.1 Å². The maximum Gasteiger partial charge on any atom is 0.231 e. The molecular formula is C19H27Cl2N3O3. The van der Waals surface area contributed by atoms with E-state index >= 15 is 0 Å². The molecule has 0 atom stereocenters. The van der Waals surface area contributed by atoms with E-state index < -0.39 is 5.41 Å². The zero-order valence-corrected chi connectivity index (χ0v) is 17.4. The third kappa shape index (κ3) is 6.27. The van der Waals surface area contributed by atoms with Crippen molar-refractivity contribution in [3.8, 4) is 17.4 Å². The quantitative estimate of drug-likeness (QED) is 0.665. The normalized spacial score (nSPS) is 10.2. The average Bonchev–Trinajstić information content (AvgIpc) is 2.66. The van der Waals surface area contributed by atoms with Crippen molar-refractivity contribution in [2.75, 3.05) is 19.0 Å². The molecule has 2 aromatic rings. The number of carbonyl (C=O) groups excluding carboxylic acids is 1. The zero-order valence-electron chi connectivity index (χ0n) is 15.7. The summed E-state index contributed by atoms with van der Waals surface area (Å²) in [5, 5.41) is 2.89. The molecule has 1 amide bonds. The Hall–Kier alpha value is -2.02. The van der Waals surface area contributed by atoms with E-state index in [4.69, 9.17) is 15.2 Å². The van der Waals surface area contributed by atoms with Gasteiger partial charge in [0.15, 0.2) is 0 Å². The largest absolute Gasteiger partial charge is 0.497 e. The number of pyridine rings is 1. The number of nitrogens with zero attached hydrogens (tertiary/aromatic N) is 1. The van der Waals surface area contributed by atoms with Crippen molar-refractivity contribution < 1.29 is 14.3 Å². The monoisotopic (exact) mass is 415 g/mol. The Morgan fingerprint density at radius 1 is 1.07 bits per heavy atom. The molecule has 0 unspecified atom stereocenters. The predicted molar refractivity (Wildman–Crippen MR) is 113 cm³/mol. The van der Waals surface area contributed by atoms with Gasteiger partial charge in [-0.25, -0.2) is 4.98 Å². The summed E-state index contributed by atoms with van der Waals surface area (Å²) in [5.41, 5.74) is 5.88. The number of nitrogens with one attached hydrogen (secondary N) is 1. The van der Waals surface area contributed by atoms with Crippen molar-refractivity contribution in [2.45, 2.75) is 26.7 Å². The fourth-order valence-corrected chi connectivity index (χ4v) is 2.50. The lowest BCUT2D eigenvalue weighted by atomic mass is 9.81. The average molecular weight is 416 g/mol. The Balaban J connectivity index is 0.00000338. The molecule has 0 bridgehead atoms. The SMILES string of the molecule is CCC(CC)(CN)C(=O)Nc1ccc(Oc2ccc(OC)cc2)nc1.Cl.Cl. The summed E-state index contributed by atoms with van der Waals surface area (Å²) >= 11 is 0. The highest BCUT2D eigenvalue weighted by molar-refractivity contribution is 5.95. The molecule has 0 aliphatic rings. The number of anilines is 1. The number of carbonyl (C=O) groups is 1. The number of aromatic nitrogens is 1. The molecule has 0 saturated carbocycles. The molecular weight excluding hydrogens is 389 g/mol. The number of rotatable bonds is 8. The van der Waals surface area contributed by atoms with Crippen LogP contribution in [0, 0.1) is 5.41 Å². The van der Waals surface area contributed by atoms with Crippen LogP contribution in [0.1, 0.15) is 26.7 Å². The van der Waals surface area contributed by atoms with Gasteiger partial charge in [0.2, 0.25) is 11.8 Å². The van der Waals surface area contributed by atoms with E-state index in [-0.39, 0.29) is 30.7 Å². The molecule has 150 valence electrons. The number of hydrogen-bond acceptors (Lipinski definition) is 5. The van der Waals surface area contributed by atoms with Crippen molar-refractivity contribution >= 4 is 36.4 Å². The smallest absolute Gasteiger partial charge is 0.231 e. The van der Waals surface area contributed by atoms with E-state index in [0.29, 0.717) is 36.7 Å². The Labute approximate surface area is 172 Å². The topological polar surface area (TPSA) is 86.5 Å². The summed E-state index contributed by atoms with van der Waals surface area (Å²) in [6.07, 6.45) is 2.96. The van der Waals surface area contributed by atoms with Gasteiger partial charge in [-0.2, -0.15) is 0 Å². The fourth-order valence-electron chi connectivity index (χ4n) is 2.50. The lowest BCUT2D eigenvalue weighted by Gasteiger charge is -2.28. The molecule has 8 heteroatoms. The number of methoxy groups -OCH3 is 1. The zero-order chi connectivity index (χ0) is 18.3. The first-order valence-corrected chi connectivity index (χ1v) is 8.36. The second-order valence-electron chi connectivity index (χ2n) is 5.81. The molecule has 2 rings (SSSR count). The third-order valence-corrected chi connectivity index (χ3v) is 4.50. The highest BCUT2D eigenvalue weighted by Gasteiger charge is 2.33. The minimum absolute atomic E-state index is 0. The fraction of sp³-hybridized carbons (Fsp3) is 0.368. The first-order chi connectivity index (χ1) is 12.1. The van der Waals surface area contributed by atoms with Crippen LogP contribution < -0.4 is 20.5 Å². The minimum atomic E-state index is -0.543. The first kappa shape index (κ1) is 25.0. The number of amides is 1. The van der Waals surface area contributed by atoms with Crippen LogP contribution in [-0.4, -0.2) is 24.5 Å². The number of ether oxygens (including phenoxy) is 2. The Morgan fingerprint density at radius 3 is 2.11 bits per heavy atom. The van der Waals surface area contributed by atoms with E-state index in [2.05, 4.69) is 10.3 Å². The van der Waals surface area contributed by atoms with Gasteiger partial charge in [0.25, 0.3) is 0 Å². The van der Waals surface area contributed by atoms with E-state index in [1.54, 1.807) is 37.6 Å². The number of nitrogens with two attached hydrogens (primary N) is 1.